The van der Waals surface area contributed by atoms with E-state index in [4.69, 9.17) is 9.84 Å². The molecule has 4 heteroatoms. The largest absolute Gasteiger partial charge is 0.396 e. The quantitative estimate of drug-likeness (QED) is 0.577. The maximum Gasteiger partial charge on any atom is 0.0922 e. The van der Waals surface area contributed by atoms with Crippen molar-refractivity contribution >= 4 is 22.6 Å². The van der Waals surface area contributed by atoms with Gasteiger partial charge in [0.05, 0.1) is 12.2 Å². The molecule has 0 amide bonds. The predicted octanol–water partition coefficient (Wildman–Crippen LogP) is 1.49. The maximum atomic E-state index is 9.31. The van der Waals surface area contributed by atoms with Crippen LogP contribution in [0.25, 0.3) is 0 Å². The molecule has 0 radical (unpaired) electrons. The van der Waals surface area contributed by atoms with Crippen LogP contribution in [0.1, 0.15) is 32.1 Å². The number of hydrogen-bond donors (Lipinski definition) is 2. The highest BCUT2D eigenvalue weighted by Crippen LogP contribution is 2.33. The lowest BCUT2D eigenvalue weighted by Crippen LogP contribution is -2.35. The molecular formula is C10H19IO3. The summed E-state index contributed by atoms with van der Waals surface area (Å²) in [4.78, 5) is 0. The van der Waals surface area contributed by atoms with E-state index in [2.05, 4.69) is 22.6 Å². The summed E-state index contributed by atoms with van der Waals surface area (Å²) < 4.78 is 6.11. The van der Waals surface area contributed by atoms with Crippen LogP contribution in [-0.2, 0) is 4.74 Å². The Morgan fingerprint density at radius 3 is 2.71 bits per heavy atom. The molecule has 1 fully saturated rings. The molecule has 3 nitrogen and oxygen atoms in total. The van der Waals surface area contributed by atoms with E-state index < -0.39 is 0 Å². The third-order valence-electron chi connectivity index (χ3n) is 2.74. The van der Waals surface area contributed by atoms with Crippen molar-refractivity contribution in [2.45, 2.75) is 41.6 Å². The third-order valence-corrected chi connectivity index (χ3v) is 3.81. The first-order chi connectivity index (χ1) is 6.72. The fraction of sp³-hybridized carbons (Fsp3) is 1.00. The summed E-state index contributed by atoms with van der Waals surface area (Å²) in [6.45, 7) is 1.17. The van der Waals surface area contributed by atoms with Gasteiger partial charge < -0.3 is 14.9 Å². The molecule has 1 heterocycles. The molecule has 0 saturated carbocycles. The summed E-state index contributed by atoms with van der Waals surface area (Å²) in [7, 11) is 0. The molecule has 0 bridgehead atoms. The molecule has 14 heavy (non-hydrogen) atoms. The van der Waals surface area contributed by atoms with Gasteiger partial charge in [0.25, 0.3) is 0 Å². The molecule has 0 aliphatic carbocycles. The van der Waals surface area contributed by atoms with Crippen molar-refractivity contribution in [3.05, 3.63) is 0 Å². The average molecular weight is 314 g/mol. The van der Waals surface area contributed by atoms with Crippen LogP contribution < -0.4 is 0 Å². The van der Waals surface area contributed by atoms with Gasteiger partial charge in [0.2, 0.25) is 0 Å². The van der Waals surface area contributed by atoms with Crippen molar-refractivity contribution in [1.29, 1.82) is 0 Å². The van der Waals surface area contributed by atoms with Gasteiger partial charge in [-0.15, -0.1) is 0 Å². The number of halogens is 1. The Kier molecular flexibility index (Phi) is 5.66. The van der Waals surface area contributed by atoms with Gasteiger partial charge >= 0.3 is 0 Å². The number of ether oxygens (including phenoxy) is 1. The van der Waals surface area contributed by atoms with Gasteiger partial charge in [-0.2, -0.15) is 0 Å². The van der Waals surface area contributed by atoms with Crippen LogP contribution in [-0.4, -0.2) is 39.6 Å². The van der Waals surface area contributed by atoms with E-state index >= 15 is 0 Å². The predicted molar refractivity (Wildman–Crippen MR) is 63.7 cm³/mol. The van der Waals surface area contributed by atoms with Gasteiger partial charge in [0, 0.05) is 17.1 Å². The molecule has 1 saturated heterocycles. The summed E-state index contributed by atoms with van der Waals surface area (Å²) in [6, 6.07) is 0. The molecule has 0 unspecified atom stereocenters. The molecule has 1 aliphatic heterocycles. The average Bonchev–Trinajstić information content (AvgIpc) is 2.64. The fourth-order valence-corrected chi connectivity index (χ4v) is 3.17. The van der Waals surface area contributed by atoms with E-state index in [0.717, 1.165) is 38.7 Å². The molecular weight excluding hydrogens is 295 g/mol. The Morgan fingerprint density at radius 2 is 2.21 bits per heavy atom. The molecule has 0 aromatic heterocycles. The lowest BCUT2D eigenvalue weighted by Gasteiger charge is -2.28. The van der Waals surface area contributed by atoms with Crippen LogP contribution in [0.15, 0.2) is 0 Å². The van der Waals surface area contributed by atoms with Crippen LogP contribution in [0.2, 0.25) is 0 Å². The van der Waals surface area contributed by atoms with E-state index in [9.17, 15) is 5.11 Å². The first-order valence-electron chi connectivity index (χ1n) is 5.22. The monoisotopic (exact) mass is 314 g/mol. The Hall–Kier alpha value is 0.610. The number of aliphatic hydroxyl groups excluding tert-OH is 2. The zero-order chi connectivity index (χ0) is 10.4. The van der Waals surface area contributed by atoms with Crippen LogP contribution in [0.5, 0.6) is 0 Å². The van der Waals surface area contributed by atoms with E-state index in [-0.39, 0.29) is 18.8 Å². The second kappa shape index (κ2) is 6.25. The molecule has 2 atom stereocenters. The van der Waals surface area contributed by atoms with Crippen molar-refractivity contribution in [2.24, 2.45) is 0 Å². The van der Waals surface area contributed by atoms with Crippen molar-refractivity contribution in [1.82, 2.24) is 0 Å². The standard InChI is InChI=1S/C10H19IO3/c11-9(3-1-5-12)7-10(8-13)4-2-6-14-10/h9,12-13H,1-8H2/t9-,10+/m1/s1. The first kappa shape index (κ1) is 12.7. The normalized spacial score (nSPS) is 29.4. The number of alkyl halides is 1. The van der Waals surface area contributed by atoms with Crippen molar-refractivity contribution in [2.75, 3.05) is 19.8 Å². The molecule has 0 spiro atoms. The van der Waals surface area contributed by atoms with E-state index in [0.29, 0.717) is 3.92 Å². The van der Waals surface area contributed by atoms with E-state index in [1.165, 1.54) is 0 Å². The van der Waals surface area contributed by atoms with Crippen LogP contribution >= 0.6 is 22.6 Å². The Labute approximate surface area is 99.0 Å². The second-order valence-corrected chi connectivity index (χ2v) is 5.72. The molecule has 1 aliphatic rings. The van der Waals surface area contributed by atoms with Gasteiger partial charge in [-0.05, 0) is 32.1 Å². The van der Waals surface area contributed by atoms with Gasteiger partial charge in [0.15, 0.2) is 0 Å². The molecule has 1 rings (SSSR count). The number of hydrogen-bond acceptors (Lipinski definition) is 3. The van der Waals surface area contributed by atoms with Crippen molar-refractivity contribution in [3.8, 4) is 0 Å². The molecule has 0 aromatic rings. The number of aliphatic hydroxyl groups is 2. The minimum Gasteiger partial charge on any atom is -0.396 e. The second-order valence-electron chi connectivity index (χ2n) is 3.96. The van der Waals surface area contributed by atoms with E-state index in [1.54, 1.807) is 0 Å². The zero-order valence-corrected chi connectivity index (χ0v) is 10.6. The molecule has 84 valence electrons. The van der Waals surface area contributed by atoms with Crippen molar-refractivity contribution < 1.29 is 14.9 Å². The van der Waals surface area contributed by atoms with Crippen LogP contribution in [0.4, 0.5) is 0 Å². The summed E-state index contributed by atoms with van der Waals surface area (Å²) in [5.41, 5.74) is -0.276. The Bertz CT molecular complexity index is 157. The van der Waals surface area contributed by atoms with E-state index in [1.807, 2.05) is 0 Å². The molecule has 2 N–H and O–H groups in total. The highest BCUT2D eigenvalue weighted by atomic mass is 127. The number of rotatable bonds is 6. The van der Waals surface area contributed by atoms with Gasteiger partial charge in [-0.1, -0.05) is 22.6 Å². The lowest BCUT2D eigenvalue weighted by molar-refractivity contribution is -0.0436. The Morgan fingerprint density at radius 1 is 1.43 bits per heavy atom. The zero-order valence-electron chi connectivity index (χ0n) is 8.41. The summed E-state index contributed by atoms with van der Waals surface area (Å²) in [6.07, 6.45) is 4.79. The van der Waals surface area contributed by atoms with Crippen molar-refractivity contribution in [3.63, 3.8) is 0 Å². The van der Waals surface area contributed by atoms with Gasteiger partial charge in [0.1, 0.15) is 0 Å². The summed E-state index contributed by atoms with van der Waals surface area (Å²) in [5.74, 6) is 0. The smallest absolute Gasteiger partial charge is 0.0922 e. The Balaban J connectivity index is 2.32. The minimum absolute atomic E-state index is 0.131. The van der Waals surface area contributed by atoms with Crippen LogP contribution in [0.3, 0.4) is 0 Å². The third kappa shape index (κ3) is 3.64. The first-order valence-corrected chi connectivity index (χ1v) is 6.47. The SMILES string of the molecule is OCCC[C@@H](I)C[C@]1(CO)CCCO1. The highest BCUT2D eigenvalue weighted by Gasteiger charge is 2.35. The fourth-order valence-electron chi connectivity index (χ4n) is 1.92. The van der Waals surface area contributed by atoms with Gasteiger partial charge in [-0.3, -0.25) is 0 Å². The minimum atomic E-state index is -0.276. The maximum absolute atomic E-state index is 9.31. The molecule has 0 aromatic carbocycles. The van der Waals surface area contributed by atoms with Crippen LogP contribution in [0, 0.1) is 0 Å². The highest BCUT2D eigenvalue weighted by molar-refractivity contribution is 14.1. The lowest BCUT2D eigenvalue weighted by atomic mass is 9.94. The summed E-state index contributed by atoms with van der Waals surface area (Å²) >= 11 is 2.39. The van der Waals surface area contributed by atoms with Gasteiger partial charge in [-0.25, -0.2) is 0 Å². The summed E-state index contributed by atoms with van der Waals surface area (Å²) in [5, 5.41) is 18.0. The topological polar surface area (TPSA) is 49.7 Å².